The Balaban J connectivity index is 1.71. The van der Waals surface area contributed by atoms with Crippen molar-refractivity contribution >= 4 is 50.9 Å². The molecule has 1 aliphatic rings. The molecular weight excluding hydrogens is 490 g/mol. The number of imide groups is 1. The quantitative estimate of drug-likeness (QED) is 0.438. The van der Waals surface area contributed by atoms with Crippen molar-refractivity contribution in [3.8, 4) is 11.5 Å². The zero-order valence-corrected chi connectivity index (χ0v) is 19.5. The summed E-state index contributed by atoms with van der Waals surface area (Å²) in [6, 6.07) is 7.16. The van der Waals surface area contributed by atoms with Gasteiger partial charge in [0.1, 0.15) is 6.04 Å². The highest BCUT2D eigenvalue weighted by molar-refractivity contribution is 9.10. The summed E-state index contributed by atoms with van der Waals surface area (Å²) in [5, 5.41) is 0.456. The molecule has 3 amide bonds. The SMILES string of the molecule is CCOc1c(Br)cc(C(=O)NN[C@H]2CC(=O)N(c3ccc(C)c(Cl)c3)C2=O)cc1OC. The standard InChI is InChI=1S/C21H21BrClN3O5/c1-4-31-19-14(22)7-12(8-17(19)30-3)20(28)25-24-16-10-18(27)26(21(16)29)13-6-5-11(2)15(23)9-13/h5-9,16,24H,4,10H2,1-3H3,(H,25,28)/t16-/m0/s1. The molecule has 0 aliphatic carbocycles. The molecule has 1 heterocycles. The lowest BCUT2D eigenvalue weighted by molar-refractivity contribution is -0.121. The van der Waals surface area contributed by atoms with Gasteiger partial charge in [-0.2, -0.15) is 0 Å². The fourth-order valence-corrected chi connectivity index (χ4v) is 3.83. The smallest absolute Gasteiger partial charge is 0.265 e. The summed E-state index contributed by atoms with van der Waals surface area (Å²) in [4.78, 5) is 38.8. The largest absolute Gasteiger partial charge is 0.493 e. The van der Waals surface area contributed by atoms with Crippen LogP contribution in [0.3, 0.4) is 0 Å². The van der Waals surface area contributed by atoms with Crippen LogP contribution in [0.1, 0.15) is 29.3 Å². The zero-order chi connectivity index (χ0) is 22.7. The van der Waals surface area contributed by atoms with Crippen molar-refractivity contribution in [1.82, 2.24) is 10.9 Å². The molecule has 2 aromatic carbocycles. The van der Waals surface area contributed by atoms with Crippen LogP contribution in [0.5, 0.6) is 11.5 Å². The van der Waals surface area contributed by atoms with Crippen LogP contribution in [-0.2, 0) is 9.59 Å². The molecule has 0 aromatic heterocycles. The van der Waals surface area contributed by atoms with Crippen molar-refractivity contribution < 1.29 is 23.9 Å². The van der Waals surface area contributed by atoms with Gasteiger partial charge >= 0.3 is 0 Å². The van der Waals surface area contributed by atoms with Gasteiger partial charge in [-0.25, -0.2) is 10.3 Å². The minimum Gasteiger partial charge on any atom is -0.493 e. The first kappa shape index (κ1) is 23.1. The molecule has 1 atom stereocenters. The molecule has 2 N–H and O–H groups in total. The van der Waals surface area contributed by atoms with Crippen molar-refractivity contribution in [2.24, 2.45) is 0 Å². The third kappa shape index (κ3) is 4.84. The molecule has 1 aliphatic heterocycles. The van der Waals surface area contributed by atoms with Crippen molar-refractivity contribution in [1.29, 1.82) is 0 Å². The lowest BCUT2D eigenvalue weighted by atomic mass is 10.2. The summed E-state index contributed by atoms with van der Waals surface area (Å²) < 4.78 is 11.4. The van der Waals surface area contributed by atoms with Crippen molar-refractivity contribution in [2.45, 2.75) is 26.3 Å². The highest BCUT2D eigenvalue weighted by Crippen LogP contribution is 2.36. The van der Waals surface area contributed by atoms with Crippen LogP contribution in [0, 0.1) is 6.92 Å². The second-order valence-electron chi connectivity index (χ2n) is 6.78. The topological polar surface area (TPSA) is 97.0 Å². The Hall–Kier alpha value is -2.62. The second-order valence-corrected chi connectivity index (χ2v) is 8.04. The fourth-order valence-electron chi connectivity index (χ4n) is 3.10. The van der Waals surface area contributed by atoms with Crippen LogP contribution >= 0.6 is 27.5 Å². The van der Waals surface area contributed by atoms with Gasteiger partial charge in [0.15, 0.2) is 11.5 Å². The van der Waals surface area contributed by atoms with Crippen LogP contribution in [0.4, 0.5) is 5.69 Å². The molecule has 8 nitrogen and oxygen atoms in total. The van der Waals surface area contributed by atoms with E-state index in [0.29, 0.717) is 33.3 Å². The minimum atomic E-state index is -0.899. The molecule has 164 valence electrons. The molecule has 1 saturated heterocycles. The Morgan fingerprint density at radius 2 is 2.03 bits per heavy atom. The summed E-state index contributed by atoms with van der Waals surface area (Å²) in [6.07, 6.45) is -0.0963. The molecule has 3 rings (SSSR count). The molecule has 1 fully saturated rings. The van der Waals surface area contributed by atoms with Crippen LogP contribution < -0.4 is 25.2 Å². The first-order chi connectivity index (χ1) is 14.8. The number of aryl methyl sites for hydroxylation is 1. The normalized spacial score (nSPS) is 15.9. The van der Waals surface area contributed by atoms with Gasteiger partial charge in [-0.05, 0) is 59.6 Å². The highest BCUT2D eigenvalue weighted by Gasteiger charge is 2.40. The number of methoxy groups -OCH3 is 1. The third-order valence-corrected chi connectivity index (χ3v) is 5.70. The number of carbonyl (C=O) groups is 3. The highest BCUT2D eigenvalue weighted by atomic mass is 79.9. The van der Waals surface area contributed by atoms with Crippen LogP contribution in [0.2, 0.25) is 5.02 Å². The van der Waals surface area contributed by atoms with E-state index in [0.717, 1.165) is 10.5 Å². The summed E-state index contributed by atoms with van der Waals surface area (Å²) in [5.41, 5.74) is 6.64. The van der Waals surface area contributed by atoms with Crippen molar-refractivity contribution in [2.75, 3.05) is 18.6 Å². The number of hydrazine groups is 1. The number of anilines is 1. The van der Waals surface area contributed by atoms with E-state index < -0.39 is 17.9 Å². The van der Waals surface area contributed by atoms with E-state index in [1.54, 1.807) is 24.3 Å². The van der Waals surface area contributed by atoms with E-state index >= 15 is 0 Å². The maximum Gasteiger partial charge on any atom is 0.265 e. The Morgan fingerprint density at radius 3 is 2.68 bits per heavy atom. The Bertz CT molecular complexity index is 1050. The molecule has 0 unspecified atom stereocenters. The average Bonchev–Trinajstić information content (AvgIpc) is 3.02. The summed E-state index contributed by atoms with van der Waals surface area (Å²) >= 11 is 9.48. The summed E-state index contributed by atoms with van der Waals surface area (Å²) in [6.45, 7) is 4.10. The number of hydrogen-bond acceptors (Lipinski definition) is 6. The van der Waals surface area contributed by atoms with E-state index in [9.17, 15) is 14.4 Å². The number of amides is 3. The van der Waals surface area contributed by atoms with Crippen LogP contribution in [-0.4, -0.2) is 37.5 Å². The lowest BCUT2D eigenvalue weighted by Crippen LogP contribution is -2.48. The Kier molecular flexibility index (Phi) is 7.19. The van der Waals surface area contributed by atoms with Gasteiger partial charge in [0.25, 0.3) is 11.8 Å². The summed E-state index contributed by atoms with van der Waals surface area (Å²) in [5.74, 6) is -0.494. The molecule has 0 saturated carbocycles. The molecule has 31 heavy (non-hydrogen) atoms. The van der Waals surface area contributed by atoms with Crippen LogP contribution in [0.15, 0.2) is 34.8 Å². The first-order valence-corrected chi connectivity index (χ1v) is 10.6. The molecule has 0 bridgehead atoms. The number of nitrogens with one attached hydrogen (secondary N) is 2. The maximum absolute atomic E-state index is 12.7. The van der Waals surface area contributed by atoms with E-state index in [1.807, 2.05) is 13.8 Å². The maximum atomic E-state index is 12.7. The second kappa shape index (κ2) is 9.67. The molecule has 0 radical (unpaired) electrons. The van der Waals surface area contributed by atoms with E-state index in [-0.39, 0.29) is 17.9 Å². The third-order valence-electron chi connectivity index (χ3n) is 4.70. The van der Waals surface area contributed by atoms with E-state index in [1.165, 1.54) is 13.2 Å². The predicted molar refractivity (Wildman–Crippen MR) is 120 cm³/mol. The lowest BCUT2D eigenvalue weighted by Gasteiger charge is -2.17. The fraction of sp³-hybridized carbons (Fsp3) is 0.286. The number of carbonyl (C=O) groups excluding carboxylic acids is 3. The number of ether oxygens (including phenoxy) is 2. The molecule has 2 aromatic rings. The summed E-state index contributed by atoms with van der Waals surface area (Å²) in [7, 11) is 1.47. The van der Waals surface area contributed by atoms with Gasteiger partial charge in [0, 0.05) is 10.6 Å². The van der Waals surface area contributed by atoms with Gasteiger partial charge in [-0.3, -0.25) is 19.8 Å². The van der Waals surface area contributed by atoms with Gasteiger partial charge < -0.3 is 9.47 Å². The van der Waals surface area contributed by atoms with Crippen molar-refractivity contribution in [3.63, 3.8) is 0 Å². The predicted octanol–water partition coefficient (Wildman–Crippen LogP) is 3.38. The van der Waals surface area contributed by atoms with E-state index in [4.69, 9.17) is 21.1 Å². The van der Waals surface area contributed by atoms with Crippen LogP contribution in [0.25, 0.3) is 0 Å². The number of hydrogen-bond donors (Lipinski definition) is 2. The van der Waals surface area contributed by atoms with Crippen molar-refractivity contribution in [3.05, 3.63) is 51.0 Å². The van der Waals surface area contributed by atoms with Gasteiger partial charge in [0.2, 0.25) is 5.91 Å². The minimum absolute atomic E-state index is 0.0963. The first-order valence-electron chi connectivity index (χ1n) is 9.46. The zero-order valence-electron chi connectivity index (χ0n) is 17.1. The Labute approximate surface area is 192 Å². The van der Waals surface area contributed by atoms with Gasteiger partial charge in [-0.1, -0.05) is 17.7 Å². The molecule has 0 spiro atoms. The Morgan fingerprint density at radius 1 is 1.29 bits per heavy atom. The number of halogens is 2. The van der Waals surface area contributed by atoms with Gasteiger partial charge in [-0.15, -0.1) is 0 Å². The van der Waals surface area contributed by atoms with E-state index in [2.05, 4.69) is 26.8 Å². The monoisotopic (exact) mass is 509 g/mol. The molecule has 10 heteroatoms. The number of nitrogens with zero attached hydrogens (tertiary/aromatic N) is 1. The number of benzene rings is 2. The molecular formula is C21H21BrClN3O5. The average molecular weight is 511 g/mol. The van der Waals surface area contributed by atoms with Gasteiger partial charge in [0.05, 0.1) is 30.3 Å². The number of rotatable bonds is 7.